The fourth-order valence-corrected chi connectivity index (χ4v) is 2.41. The van der Waals surface area contributed by atoms with E-state index in [0.29, 0.717) is 0 Å². The van der Waals surface area contributed by atoms with Crippen molar-refractivity contribution in [3.8, 4) is 5.75 Å². The van der Waals surface area contributed by atoms with Crippen LogP contribution in [-0.2, 0) is 19.1 Å². The first-order valence-corrected chi connectivity index (χ1v) is 7.59. The Morgan fingerprint density at radius 2 is 1.82 bits per heavy atom. The van der Waals surface area contributed by atoms with Gasteiger partial charge in [-0.2, -0.15) is 21.6 Å². The molecule has 1 atom stereocenters. The molecule has 0 aliphatic rings. The van der Waals surface area contributed by atoms with Crippen molar-refractivity contribution in [3.05, 3.63) is 29.8 Å². The molecule has 1 unspecified atom stereocenters. The molecule has 1 rings (SSSR count). The Bertz CT molecular complexity index is 613. The third-order valence-corrected chi connectivity index (χ3v) is 3.57. The zero-order valence-corrected chi connectivity index (χ0v) is 12.3. The van der Waals surface area contributed by atoms with E-state index in [1.807, 2.05) is 0 Å². The quantitative estimate of drug-likeness (QED) is 0.479. The molecule has 0 aliphatic heterocycles. The Hall–Kier alpha value is -1.65. The fourth-order valence-electron chi connectivity index (χ4n) is 1.51. The lowest BCUT2D eigenvalue weighted by molar-refractivity contribution is -0.196. The monoisotopic (exact) mass is 341 g/mol. The molecule has 0 amide bonds. The van der Waals surface area contributed by atoms with Gasteiger partial charge in [-0.05, 0) is 17.7 Å². The minimum absolute atomic E-state index is 0.0296. The van der Waals surface area contributed by atoms with Crippen LogP contribution in [0.5, 0.6) is 5.75 Å². The molecule has 0 heterocycles. The molecule has 6 nitrogen and oxygen atoms in total. The van der Waals surface area contributed by atoms with Crippen LogP contribution in [0, 0.1) is 0 Å². The van der Waals surface area contributed by atoms with Gasteiger partial charge in [0.15, 0.2) is 6.10 Å². The Balaban J connectivity index is 3.05. The summed E-state index contributed by atoms with van der Waals surface area (Å²) in [5, 5.41) is 0. The summed E-state index contributed by atoms with van der Waals surface area (Å²) >= 11 is 0. The first kappa shape index (κ1) is 18.4. The third kappa shape index (κ3) is 5.62. The SMILES string of the molecule is CC(=O)Oc1ccc(C(OS(=O)(=O)CCN)C(F)(F)F)cc1. The van der Waals surface area contributed by atoms with E-state index >= 15 is 0 Å². The van der Waals surface area contributed by atoms with Crippen LogP contribution in [0.25, 0.3) is 0 Å². The number of hydrogen-bond acceptors (Lipinski definition) is 6. The molecule has 0 bridgehead atoms. The molecule has 0 aromatic heterocycles. The smallest absolute Gasteiger partial charge is 0.420 e. The summed E-state index contributed by atoms with van der Waals surface area (Å²) in [7, 11) is -4.42. The molecule has 0 spiro atoms. The lowest BCUT2D eigenvalue weighted by Crippen LogP contribution is -2.29. The van der Waals surface area contributed by atoms with Crippen LogP contribution in [0.4, 0.5) is 13.2 Å². The topological polar surface area (TPSA) is 95.7 Å². The first-order valence-electron chi connectivity index (χ1n) is 6.01. The van der Waals surface area contributed by atoms with E-state index < -0.39 is 39.7 Å². The summed E-state index contributed by atoms with van der Waals surface area (Å²) in [5.41, 5.74) is 4.57. The maximum absolute atomic E-state index is 13.0. The predicted molar refractivity (Wildman–Crippen MR) is 70.5 cm³/mol. The minimum atomic E-state index is -4.94. The standard InChI is InChI=1S/C12H14F3NO5S/c1-8(17)20-10-4-2-9(3-5-10)11(12(13,14)15)21-22(18,19)7-6-16/h2-5,11H,6-7,16H2,1H3. The van der Waals surface area contributed by atoms with Crippen molar-refractivity contribution in [1.29, 1.82) is 0 Å². The zero-order valence-electron chi connectivity index (χ0n) is 11.5. The highest BCUT2D eigenvalue weighted by atomic mass is 32.2. The van der Waals surface area contributed by atoms with Gasteiger partial charge in [-0.25, -0.2) is 0 Å². The lowest BCUT2D eigenvalue weighted by atomic mass is 10.1. The molecule has 22 heavy (non-hydrogen) atoms. The van der Waals surface area contributed by atoms with Crippen LogP contribution in [0.2, 0.25) is 0 Å². The average Bonchev–Trinajstić information content (AvgIpc) is 2.35. The van der Waals surface area contributed by atoms with Gasteiger partial charge in [-0.1, -0.05) is 12.1 Å². The van der Waals surface area contributed by atoms with Gasteiger partial charge >= 0.3 is 12.1 Å². The summed E-state index contributed by atoms with van der Waals surface area (Å²) in [6.45, 7) is 0.771. The summed E-state index contributed by atoms with van der Waals surface area (Å²) in [6.07, 6.45) is -7.60. The van der Waals surface area contributed by atoms with Gasteiger partial charge in [0, 0.05) is 13.5 Å². The van der Waals surface area contributed by atoms with Crippen molar-refractivity contribution >= 4 is 16.1 Å². The second-order valence-corrected chi connectivity index (χ2v) is 5.95. The number of esters is 1. The summed E-state index contributed by atoms with van der Waals surface area (Å²) in [5.74, 6) is -1.34. The van der Waals surface area contributed by atoms with Crippen molar-refractivity contribution < 1.29 is 35.3 Å². The van der Waals surface area contributed by atoms with Crippen molar-refractivity contribution in [2.75, 3.05) is 12.3 Å². The Morgan fingerprint density at radius 1 is 1.27 bits per heavy atom. The minimum Gasteiger partial charge on any atom is -0.427 e. The predicted octanol–water partition coefficient (Wildman–Crippen LogP) is 1.52. The van der Waals surface area contributed by atoms with E-state index in [0.717, 1.165) is 31.2 Å². The van der Waals surface area contributed by atoms with Gasteiger partial charge in [0.25, 0.3) is 10.1 Å². The molecule has 0 saturated heterocycles. The fraction of sp³-hybridized carbons (Fsp3) is 0.417. The van der Waals surface area contributed by atoms with Gasteiger partial charge in [-0.15, -0.1) is 0 Å². The summed E-state index contributed by atoms with van der Waals surface area (Å²) in [4.78, 5) is 10.7. The number of benzene rings is 1. The number of carbonyl (C=O) groups is 1. The highest BCUT2D eigenvalue weighted by molar-refractivity contribution is 7.86. The lowest BCUT2D eigenvalue weighted by Gasteiger charge is -2.20. The van der Waals surface area contributed by atoms with Crippen LogP contribution >= 0.6 is 0 Å². The van der Waals surface area contributed by atoms with Crippen molar-refractivity contribution in [2.24, 2.45) is 5.73 Å². The number of rotatable bonds is 6. The van der Waals surface area contributed by atoms with Gasteiger partial charge in [0.1, 0.15) is 5.75 Å². The molecular formula is C12H14F3NO5S. The van der Waals surface area contributed by atoms with E-state index in [4.69, 9.17) is 5.73 Å². The van der Waals surface area contributed by atoms with Gasteiger partial charge in [0.05, 0.1) is 5.75 Å². The Morgan fingerprint density at radius 3 is 2.23 bits per heavy atom. The Labute approximate surface area is 125 Å². The second-order valence-electron chi connectivity index (χ2n) is 4.23. The number of alkyl halides is 3. The normalized spacial score (nSPS) is 13.7. The first-order chi connectivity index (χ1) is 10.0. The Kier molecular flexibility index (Phi) is 5.92. The molecule has 0 radical (unpaired) electrons. The summed E-state index contributed by atoms with van der Waals surface area (Å²) in [6, 6.07) is 4.14. The van der Waals surface area contributed by atoms with Gasteiger partial charge < -0.3 is 10.5 Å². The maximum atomic E-state index is 13.0. The maximum Gasteiger partial charge on any atom is 0.420 e. The highest BCUT2D eigenvalue weighted by Crippen LogP contribution is 2.37. The van der Waals surface area contributed by atoms with Gasteiger partial charge in [0.2, 0.25) is 0 Å². The molecule has 2 N–H and O–H groups in total. The van der Waals surface area contributed by atoms with Crippen molar-refractivity contribution in [3.63, 3.8) is 0 Å². The zero-order chi connectivity index (χ0) is 17.0. The largest absolute Gasteiger partial charge is 0.427 e. The molecule has 0 fully saturated rings. The van der Waals surface area contributed by atoms with Crippen LogP contribution in [0.15, 0.2) is 24.3 Å². The summed E-state index contributed by atoms with van der Waals surface area (Å²) < 4.78 is 70.6. The number of hydrogen-bond donors (Lipinski definition) is 1. The number of nitrogens with two attached hydrogens (primary N) is 1. The molecule has 124 valence electrons. The van der Waals surface area contributed by atoms with Crippen LogP contribution in [0.3, 0.4) is 0 Å². The van der Waals surface area contributed by atoms with Crippen molar-refractivity contribution in [1.82, 2.24) is 0 Å². The molecular weight excluding hydrogens is 327 g/mol. The molecule has 0 saturated carbocycles. The van der Waals surface area contributed by atoms with Crippen LogP contribution in [0.1, 0.15) is 18.6 Å². The van der Waals surface area contributed by atoms with Crippen LogP contribution in [-0.4, -0.2) is 32.9 Å². The number of ether oxygens (including phenoxy) is 1. The molecule has 1 aromatic carbocycles. The number of halogens is 3. The van der Waals surface area contributed by atoms with E-state index in [-0.39, 0.29) is 12.3 Å². The van der Waals surface area contributed by atoms with Gasteiger partial charge in [-0.3, -0.25) is 8.98 Å². The van der Waals surface area contributed by atoms with E-state index in [9.17, 15) is 26.4 Å². The highest BCUT2D eigenvalue weighted by Gasteiger charge is 2.44. The number of carbonyl (C=O) groups excluding carboxylic acids is 1. The third-order valence-electron chi connectivity index (χ3n) is 2.35. The van der Waals surface area contributed by atoms with E-state index in [2.05, 4.69) is 8.92 Å². The van der Waals surface area contributed by atoms with E-state index in [1.165, 1.54) is 0 Å². The molecule has 0 aliphatic carbocycles. The molecule has 1 aromatic rings. The van der Waals surface area contributed by atoms with Crippen molar-refractivity contribution in [2.45, 2.75) is 19.2 Å². The molecule has 10 heteroatoms. The second kappa shape index (κ2) is 7.07. The van der Waals surface area contributed by atoms with E-state index in [1.54, 1.807) is 0 Å². The van der Waals surface area contributed by atoms with Crippen LogP contribution < -0.4 is 10.5 Å². The average molecular weight is 341 g/mol.